The fraction of sp³-hybridized carbons (Fsp3) is 0.118. The second kappa shape index (κ2) is 5.46. The number of fused-ring (bicyclic) bond motifs is 1. The molecule has 1 aliphatic heterocycles. The lowest BCUT2D eigenvalue weighted by atomic mass is 9.93. The highest BCUT2D eigenvalue weighted by molar-refractivity contribution is 5.92. The molecule has 1 aliphatic rings. The molecular weight excluding hydrogens is 309 g/mol. The van der Waals surface area contributed by atoms with Gasteiger partial charge in [0.2, 0.25) is 0 Å². The van der Waals surface area contributed by atoms with Crippen LogP contribution in [0.15, 0.2) is 48.5 Å². The first-order chi connectivity index (χ1) is 10.9. The normalized spacial score (nSPS) is 13.8. The van der Waals surface area contributed by atoms with Crippen molar-refractivity contribution in [3.63, 3.8) is 0 Å². The van der Waals surface area contributed by atoms with Gasteiger partial charge in [0.15, 0.2) is 0 Å². The summed E-state index contributed by atoms with van der Waals surface area (Å²) in [6.45, 7) is 0.213. The minimum atomic E-state index is -4.44. The molecule has 0 atom stereocenters. The number of rotatable bonds is 2. The van der Waals surface area contributed by atoms with Crippen LogP contribution in [0.25, 0.3) is 5.57 Å². The zero-order valence-corrected chi connectivity index (χ0v) is 11.7. The monoisotopic (exact) mass is 320 g/mol. The van der Waals surface area contributed by atoms with Crippen LogP contribution >= 0.6 is 0 Å². The molecule has 0 fully saturated rings. The van der Waals surface area contributed by atoms with Gasteiger partial charge in [-0.15, -0.1) is 0 Å². The molecule has 6 heteroatoms. The summed E-state index contributed by atoms with van der Waals surface area (Å²) < 4.78 is 44.1. The Balaban J connectivity index is 2.11. The molecule has 0 saturated heterocycles. The fourth-order valence-corrected chi connectivity index (χ4v) is 2.46. The number of carboxylic acids is 1. The number of carbonyl (C=O) groups is 1. The molecule has 1 heterocycles. The Morgan fingerprint density at radius 2 is 1.91 bits per heavy atom. The minimum absolute atomic E-state index is 0.0483. The summed E-state index contributed by atoms with van der Waals surface area (Å²) >= 11 is 0. The number of aromatic carboxylic acids is 1. The van der Waals surface area contributed by atoms with Gasteiger partial charge in [0, 0.05) is 5.56 Å². The summed E-state index contributed by atoms with van der Waals surface area (Å²) in [7, 11) is 0. The summed E-state index contributed by atoms with van der Waals surface area (Å²) in [5.41, 5.74) is 0.660. The van der Waals surface area contributed by atoms with Crippen molar-refractivity contribution in [2.75, 3.05) is 6.61 Å². The van der Waals surface area contributed by atoms with Gasteiger partial charge in [0.25, 0.3) is 0 Å². The van der Waals surface area contributed by atoms with E-state index in [9.17, 15) is 18.0 Å². The summed E-state index contributed by atoms with van der Waals surface area (Å²) in [5.74, 6) is -0.660. The zero-order valence-electron chi connectivity index (χ0n) is 11.7. The highest BCUT2D eigenvalue weighted by atomic mass is 19.4. The van der Waals surface area contributed by atoms with Crippen molar-refractivity contribution in [2.24, 2.45) is 0 Å². The Morgan fingerprint density at radius 3 is 2.61 bits per heavy atom. The van der Waals surface area contributed by atoms with Gasteiger partial charge >= 0.3 is 12.1 Å². The van der Waals surface area contributed by atoms with E-state index >= 15 is 0 Å². The molecule has 3 rings (SSSR count). The Labute approximate surface area is 129 Å². The summed E-state index contributed by atoms with van der Waals surface area (Å²) in [6.07, 6.45) is -2.79. The van der Waals surface area contributed by atoms with Crippen LogP contribution < -0.4 is 4.74 Å². The molecule has 0 radical (unpaired) electrons. The van der Waals surface area contributed by atoms with Crippen LogP contribution in [0, 0.1) is 0 Å². The van der Waals surface area contributed by atoms with Crippen LogP contribution in [0.2, 0.25) is 0 Å². The molecule has 118 valence electrons. The topological polar surface area (TPSA) is 46.5 Å². The molecule has 0 aromatic heterocycles. The molecule has 2 aromatic rings. The van der Waals surface area contributed by atoms with E-state index in [1.54, 1.807) is 12.1 Å². The maximum absolute atomic E-state index is 12.9. The fourth-order valence-electron chi connectivity index (χ4n) is 2.46. The first kappa shape index (κ1) is 15.1. The van der Waals surface area contributed by atoms with Crippen LogP contribution in [0.4, 0.5) is 13.2 Å². The first-order valence-electron chi connectivity index (χ1n) is 6.74. The van der Waals surface area contributed by atoms with Gasteiger partial charge in [-0.1, -0.05) is 12.1 Å². The zero-order chi connectivity index (χ0) is 16.6. The largest absolute Gasteiger partial charge is 0.489 e. The summed E-state index contributed by atoms with van der Waals surface area (Å²) in [5, 5.41) is 9.08. The molecule has 2 aromatic carbocycles. The third-order valence-electron chi connectivity index (χ3n) is 3.54. The average Bonchev–Trinajstić information content (AvgIpc) is 2.53. The number of benzene rings is 2. The van der Waals surface area contributed by atoms with Crippen molar-refractivity contribution < 1.29 is 27.8 Å². The maximum atomic E-state index is 12.9. The number of hydrogen-bond acceptors (Lipinski definition) is 2. The van der Waals surface area contributed by atoms with Crippen molar-refractivity contribution in [1.82, 2.24) is 0 Å². The lowest BCUT2D eigenvalue weighted by Gasteiger charge is -2.20. The van der Waals surface area contributed by atoms with E-state index in [1.165, 1.54) is 24.3 Å². The quantitative estimate of drug-likeness (QED) is 0.901. The highest BCUT2D eigenvalue weighted by Gasteiger charge is 2.31. The van der Waals surface area contributed by atoms with Gasteiger partial charge in [0.1, 0.15) is 12.4 Å². The smallest absolute Gasteiger partial charge is 0.416 e. The molecule has 23 heavy (non-hydrogen) atoms. The number of ether oxygens (including phenoxy) is 1. The molecule has 3 nitrogen and oxygen atoms in total. The van der Waals surface area contributed by atoms with Crippen molar-refractivity contribution in [3.8, 4) is 5.75 Å². The minimum Gasteiger partial charge on any atom is -0.489 e. The SMILES string of the molecule is O=C(O)c1ccc2c(c1)C(c1cccc(C(F)(F)F)c1)=CCO2. The second-order valence-corrected chi connectivity index (χ2v) is 5.02. The van der Waals surface area contributed by atoms with Crippen LogP contribution in [0.5, 0.6) is 5.75 Å². The predicted octanol–water partition coefficient (Wildman–Crippen LogP) is 4.23. The van der Waals surface area contributed by atoms with Gasteiger partial charge in [0.05, 0.1) is 11.1 Å². The van der Waals surface area contributed by atoms with Crippen LogP contribution in [-0.4, -0.2) is 17.7 Å². The number of carboxylic acid groups (broad SMARTS) is 1. The van der Waals surface area contributed by atoms with E-state index in [2.05, 4.69) is 0 Å². The first-order valence-corrected chi connectivity index (χ1v) is 6.74. The van der Waals surface area contributed by atoms with E-state index in [0.717, 1.165) is 12.1 Å². The van der Waals surface area contributed by atoms with Crippen LogP contribution in [-0.2, 0) is 6.18 Å². The molecule has 0 bridgehead atoms. The molecular formula is C17H11F3O3. The van der Waals surface area contributed by atoms with Crippen molar-refractivity contribution >= 4 is 11.5 Å². The van der Waals surface area contributed by atoms with Crippen LogP contribution in [0.1, 0.15) is 27.0 Å². The van der Waals surface area contributed by atoms with Gasteiger partial charge in [-0.3, -0.25) is 0 Å². The van der Waals surface area contributed by atoms with Gasteiger partial charge in [-0.2, -0.15) is 13.2 Å². The van der Waals surface area contributed by atoms with E-state index in [1.807, 2.05) is 0 Å². The predicted molar refractivity (Wildman–Crippen MR) is 77.4 cm³/mol. The lowest BCUT2D eigenvalue weighted by molar-refractivity contribution is -0.137. The second-order valence-electron chi connectivity index (χ2n) is 5.02. The molecule has 0 unspecified atom stereocenters. The molecule has 0 spiro atoms. The summed E-state index contributed by atoms with van der Waals surface area (Å²) in [4.78, 5) is 11.1. The number of hydrogen-bond donors (Lipinski definition) is 1. The standard InChI is InChI=1S/C17H11F3O3/c18-17(19,20)12-3-1-2-10(8-12)13-6-7-23-15-5-4-11(16(21)22)9-14(13)15/h1-6,8-9H,7H2,(H,21,22). The van der Waals surface area contributed by atoms with Crippen molar-refractivity contribution in [1.29, 1.82) is 0 Å². The average molecular weight is 320 g/mol. The van der Waals surface area contributed by atoms with Gasteiger partial charge in [-0.05, 0) is 47.5 Å². The third-order valence-corrected chi connectivity index (χ3v) is 3.54. The van der Waals surface area contributed by atoms with E-state index in [4.69, 9.17) is 9.84 Å². The summed E-state index contributed by atoms with van der Waals surface area (Å²) in [6, 6.07) is 9.25. The van der Waals surface area contributed by atoms with Crippen LogP contribution in [0.3, 0.4) is 0 Å². The van der Waals surface area contributed by atoms with E-state index in [0.29, 0.717) is 22.4 Å². The third kappa shape index (κ3) is 2.92. The maximum Gasteiger partial charge on any atom is 0.416 e. The Hall–Kier alpha value is -2.76. The molecule has 0 saturated carbocycles. The molecule has 0 amide bonds. The van der Waals surface area contributed by atoms with Crippen molar-refractivity contribution in [3.05, 3.63) is 70.8 Å². The lowest BCUT2D eigenvalue weighted by Crippen LogP contribution is -2.09. The molecule has 0 aliphatic carbocycles. The Kier molecular flexibility index (Phi) is 3.60. The van der Waals surface area contributed by atoms with Gasteiger partial charge < -0.3 is 9.84 Å². The van der Waals surface area contributed by atoms with E-state index in [-0.39, 0.29) is 12.2 Å². The number of alkyl halides is 3. The van der Waals surface area contributed by atoms with Gasteiger partial charge in [-0.25, -0.2) is 4.79 Å². The van der Waals surface area contributed by atoms with Crippen molar-refractivity contribution in [2.45, 2.75) is 6.18 Å². The Bertz CT molecular complexity index is 807. The molecule has 1 N–H and O–H groups in total. The van der Waals surface area contributed by atoms with E-state index < -0.39 is 17.7 Å². The number of halogens is 3. The Morgan fingerprint density at radius 1 is 1.13 bits per heavy atom. The highest BCUT2D eigenvalue weighted by Crippen LogP contribution is 2.37.